The van der Waals surface area contributed by atoms with E-state index in [0.717, 1.165) is 0 Å². The lowest BCUT2D eigenvalue weighted by molar-refractivity contribution is 0.00550. The maximum Gasteiger partial charge on any atom is 0.163 e. The van der Waals surface area contributed by atoms with Gasteiger partial charge in [-0.3, -0.25) is 0 Å². The van der Waals surface area contributed by atoms with Gasteiger partial charge in [0.05, 0.1) is 32.0 Å². The molecule has 102 valence electrons. The Morgan fingerprint density at radius 3 is 2.79 bits per heavy atom. The van der Waals surface area contributed by atoms with Crippen molar-refractivity contribution in [3.8, 4) is 17.6 Å². The zero-order valence-electron chi connectivity index (χ0n) is 11.1. The zero-order chi connectivity index (χ0) is 13.7. The summed E-state index contributed by atoms with van der Waals surface area (Å²) in [6.45, 7) is 3.55. The Morgan fingerprint density at radius 1 is 1.32 bits per heavy atom. The quantitative estimate of drug-likeness (QED) is 0.810. The molecule has 2 unspecified atom stereocenters. The van der Waals surface area contributed by atoms with Crippen LogP contribution in [0.25, 0.3) is 0 Å². The summed E-state index contributed by atoms with van der Waals surface area (Å²) in [4.78, 5) is 0. The van der Waals surface area contributed by atoms with Gasteiger partial charge in [0.2, 0.25) is 0 Å². The summed E-state index contributed by atoms with van der Waals surface area (Å²) in [5.74, 6) is 1.14. The molecule has 0 amide bonds. The van der Waals surface area contributed by atoms with Gasteiger partial charge >= 0.3 is 0 Å². The molecule has 1 heterocycles. The number of ether oxygens (including phenoxy) is 4. The van der Waals surface area contributed by atoms with Crippen LogP contribution in [0.15, 0.2) is 18.2 Å². The molecule has 0 spiro atoms. The second-order valence-electron chi connectivity index (χ2n) is 4.16. The Bertz CT molecular complexity index is 469. The van der Waals surface area contributed by atoms with Crippen molar-refractivity contribution in [2.45, 2.75) is 19.1 Å². The second-order valence-corrected chi connectivity index (χ2v) is 4.16. The molecule has 19 heavy (non-hydrogen) atoms. The number of benzene rings is 1. The van der Waals surface area contributed by atoms with Crippen LogP contribution in [0.4, 0.5) is 0 Å². The van der Waals surface area contributed by atoms with Crippen LogP contribution in [0.2, 0.25) is 0 Å². The van der Waals surface area contributed by atoms with Gasteiger partial charge in [0.1, 0.15) is 6.10 Å². The summed E-state index contributed by atoms with van der Waals surface area (Å²) in [7, 11) is 1.57. The van der Waals surface area contributed by atoms with Gasteiger partial charge in [0, 0.05) is 12.7 Å². The Labute approximate surface area is 112 Å². The maximum atomic E-state index is 8.93. The lowest BCUT2D eigenvalue weighted by Crippen LogP contribution is -2.32. The third-order valence-corrected chi connectivity index (χ3v) is 2.93. The SMILES string of the molecule is CCOC1COCC1Oc1cc(C#N)ccc1OC. The standard InChI is InChI=1S/C14H17NO4/c1-3-18-13-8-17-9-14(13)19-12-6-10(7-15)4-5-11(12)16-2/h4-6,13-14H,3,8-9H2,1-2H3. The van der Waals surface area contributed by atoms with Gasteiger partial charge in [-0.2, -0.15) is 5.26 Å². The smallest absolute Gasteiger partial charge is 0.163 e. The van der Waals surface area contributed by atoms with Crippen LogP contribution in [0.3, 0.4) is 0 Å². The first-order valence-electron chi connectivity index (χ1n) is 6.22. The molecule has 0 saturated carbocycles. The Morgan fingerprint density at radius 2 is 2.11 bits per heavy atom. The van der Waals surface area contributed by atoms with E-state index in [1.54, 1.807) is 25.3 Å². The minimum atomic E-state index is -0.178. The molecule has 1 aliphatic rings. The summed E-state index contributed by atoms with van der Waals surface area (Å²) in [5, 5.41) is 8.93. The predicted molar refractivity (Wildman–Crippen MR) is 68.4 cm³/mol. The second kappa shape index (κ2) is 6.41. The Kier molecular flexibility index (Phi) is 4.61. The van der Waals surface area contributed by atoms with Crippen molar-refractivity contribution in [1.82, 2.24) is 0 Å². The lowest BCUT2D eigenvalue weighted by Gasteiger charge is -2.20. The highest BCUT2D eigenvalue weighted by atomic mass is 16.6. The Hall–Kier alpha value is -1.77. The van der Waals surface area contributed by atoms with Crippen molar-refractivity contribution in [2.24, 2.45) is 0 Å². The fourth-order valence-corrected chi connectivity index (χ4v) is 2.00. The summed E-state index contributed by atoms with van der Waals surface area (Å²) in [5.41, 5.74) is 0.530. The molecular weight excluding hydrogens is 246 g/mol. The molecule has 5 nitrogen and oxygen atoms in total. The average Bonchev–Trinajstić information content (AvgIpc) is 2.86. The van der Waals surface area contributed by atoms with Crippen molar-refractivity contribution in [2.75, 3.05) is 26.9 Å². The van der Waals surface area contributed by atoms with Crippen molar-refractivity contribution in [3.05, 3.63) is 23.8 Å². The highest BCUT2D eigenvalue weighted by Gasteiger charge is 2.31. The van der Waals surface area contributed by atoms with E-state index in [9.17, 15) is 0 Å². The molecule has 0 aromatic heterocycles. The molecule has 1 saturated heterocycles. The molecule has 2 rings (SSSR count). The summed E-state index contributed by atoms with van der Waals surface area (Å²) < 4.78 is 22.0. The number of hydrogen-bond donors (Lipinski definition) is 0. The van der Waals surface area contributed by atoms with Crippen LogP contribution < -0.4 is 9.47 Å². The van der Waals surface area contributed by atoms with Gasteiger partial charge in [0.25, 0.3) is 0 Å². The van der Waals surface area contributed by atoms with E-state index in [4.69, 9.17) is 24.2 Å². The number of methoxy groups -OCH3 is 1. The van der Waals surface area contributed by atoms with Crippen LogP contribution in [0.1, 0.15) is 12.5 Å². The lowest BCUT2D eigenvalue weighted by atomic mass is 10.2. The molecule has 0 N–H and O–H groups in total. The topological polar surface area (TPSA) is 60.7 Å². The van der Waals surface area contributed by atoms with Crippen LogP contribution in [0.5, 0.6) is 11.5 Å². The maximum absolute atomic E-state index is 8.93. The first-order chi connectivity index (χ1) is 9.28. The molecule has 0 aliphatic carbocycles. The number of hydrogen-bond acceptors (Lipinski definition) is 5. The average molecular weight is 263 g/mol. The van der Waals surface area contributed by atoms with Gasteiger partial charge in [-0.15, -0.1) is 0 Å². The minimum Gasteiger partial charge on any atom is -0.493 e. The molecule has 1 aromatic rings. The van der Waals surface area contributed by atoms with Crippen LogP contribution in [-0.4, -0.2) is 39.1 Å². The van der Waals surface area contributed by atoms with Gasteiger partial charge in [-0.1, -0.05) is 0 Å². The van der Waals surface area contributed by atoms with E-state index < -0.39 is 0 Å². The van der Waals surface area contributed by atoms with Gasteiger partial charge in [-0.25, -0.2) is 0 Å². The Balaban J connectivity index is 2.15. The number of nitriles is 1. The van der Waals surface area contributed by atoms with Gasteiger partial charge in [0.15, 0.2) is 17.6 Å². The molecule has 1 aliphatic heterocycles. The van der Waals surface area contributed by atoms with Gasteiger partial charge in [-0.05, 0) is 19.1 Å². The monoisotopic (exact) mass is 263 g/mol. The molecule has 5 heteroatoms. The first-order valence-corrected chi connectivity index (χ1v) is 6.22. The third kappa shape index (κ3) is 3.16. The van der Waals surface area contributed by atoms with E-state index in [1.165, 1.54) is 0 Å². The van der Waals surface area contributed by atoms with Crippen molar-refractivity contribution in [1.29, 1.82) is 5.26 Å². The van der Waals surface area contributed by atoms with E-state index in [0.29, 0.717) is 36.9 Å². The van der Waals surface area contributed by atoms with E-state index >= 15 is 0 Å². The van der Waals surface area contributed by atoms with Crippen molar-refractivity contribution >= 4 is 0 Å². The number of rotatable bonds is 5. The summed E-state index contributed by atoms with van der Waals surface area (Å²) in [6.07, 6.45) is -0.261. The highest BCUT2D eigenvalue weighted by Crippen LogP contribution is 2.30. The molecule has 0 radical (unpaired) electrons. The molecule has 1 fully saturated rings. The fraction of sp³-hybridized carbons (Fsp3) is 0.500. The van der Waals surface area contributed by atoms with Gasteiger partial charge < -0.3 is 18.9 Å². The number of nitrogens with zero attached hydrogens (tertiary/aromatic N) is 1. The largest absolute Gasteiger partial charge is 0.493 e. The van der Waals surface area contributed by atoms with Crippen LogP contribution in [-0.2, 0) is 9.47 Å². The predicted octanol–water partition coefficient (Wildman–Crippen LogP) is 1.75. The summed E-state index contributed by atoms with van der Waals surface area (Å²) >= 11 is 0. The van der Waals surface area contributed by atoms with E-state index in [2.05, 4.69) is 6.07 Å². The minimum absolute atomic E-state index is 0.0829. The molecule has 1 aromatic carbocycles. The van der Waals surface area contributed by atoms with Crippen LogP contribution in [0, 0.1) is 11.3 Å². The molecule has 2 atom stereocenters. The normalized spacial score (nSPS) is 21.9. The highest BCUT2D eigenvalue weighted by molar-refractivity contribution is 5.46. The first kappa shape index (κ1) is 13.7. The van der Waals surface area contributed by atoms with E-state index in [1.807, 2.05) is 6.92 Å². The molecule has 0 bridgehead atoms. The third-order valence-electron chi connectivity index (χ3n) is 2.93. The fourth-order valence-electron chi connectivity index (χ4n) is 2.00. The zero-order valence-corrected chi connectivity index (χ0v) is 11.1. The van der Waals surface area contributed by atoms with Crippen molar-refractivity contribution < 1.29 is 18.9 Å². The van der Waals surface area contributed by atoms with Crippen LogP contribution >= 0.6 is 0 Å². The van der Waals surface area contributed by atoms with Crippen molar-refractivity contribution in [3.63, 3.8) is 0 Å². The van der Waals surface area contributed by atoms with E-state index in [-0.39, 0.29) is 12.2 Å². The molecular formula is C14H17NO4. The summed E-state index contributed by atoms with van der Waals surface area (Å²) in [6, 6.07) is 7.16.